The van der Waals surface area contributed by atoms with Crippen LogP contribution in [0.25, 0.3) is 11.0 Å². The number of hydrogen-bond acceptors (Lipinski definition) is 2. The number of hydrogen-bond donors (Lipinski definition) is 0. The molecule has 0 saturated heterocycles. The summed E-state index contributed by atoms with van der Waals surface area (Å²) < 4.78 is 3.35. The van der Waals surface area contributed by atoms with Gasteiger partial charge in [-0.3, -0.25) is 0 Å². The second-order valence-electron chi connectivity index (χ2n) is 5.28. The number of alkyl halides is 1. The van der Waals surface area contributed by atoms with Gasteiger partial charge in [0.1, 0.15) is 5.82 Å². The smallest absolute Gasteiger partial charge is 0.127 e. The van der Waals surface area contributed by atoms with Crippen molar-refractivity contribution in [2.45, 2.75) is 44.5 Å². The summed E-state index contributed by atoms with van der Waals surface area (Å²) >= 11 is 11.7. The van der Waals surface area contributed by atoms with Crippen molar-refractivity contribution in [3.63, 3.8) is 0 Å². The average molecular weight is 390 g/mol. The molecule has 0 amide bonds. The molecule has 2 rings (SSSR count). The lowest BCUT2D eigenvalue weighted by molar-refractivity contribution is 0.575. The van der Waals surface area contributed by atoms with E-state index in [1.165, 1.54) is 37.0 Å². The van der Waals surface area contributed by atoms with Gasteiger partial charge in [0.25, 0.3) is 0 Å². The zero-order valence-electron chi connectivity index (χ0n) is 12.6. The molecule has 0 spiro atoms. The van der Waals surface area contributed by atoms with E-state index < -0.39 is 0 Å². The highest BCUT2D eigenvalue weighted by atomic mass is 79.9. The Bertz CT molecular complexity index is 583. The van der Waals surface area contributed by atoms with Crippen LogP contribution in [0, 0.1) is 0 Å². The Morgan fingerprint density at radius 3 is 2.76 bits per heavy atom. The highest BCUT2D eigenvalue weighted by Crippen LogP contribution is 2.27. The lowest BCUT2D eigenvalue weighted by Gasteiger charge is -2.10. The first-order valence-corrected chi connectivity index (χ1v) is 10.0. The summed E-state index contributed by atoms with van der Waals surface area (Å²) in [7, 11) is 0. The summed E-state index contributed by atoms with van der Waals surface area (Å²) in [5.41, 5.74) is 2.21. The molecule has 0 aliphatic heterocycles. The maximum Gasteiger partial charge on any atom is 0.127 e. The molecule has 1 aromatic heterocycles. The molecule has 1 aromatic carbocycles. The number of aromatic nitrogens is 2. The minimum Gasteiger partial charge on any atom is -0.327 e. The van der Waals surface area contributed by atoms with Gasteiger partial charge in [0.2, 0.25) is 0 Å². The van der Waals surface area contributed by atoms with E-state index in [4.69, 9.17) is 16.6 Å². The van der Waals surface area contributed by atoms with Crippen molar-refractivity contribution in [1.82, 2.24) is 9.55 Å². The first-order valence-electron chi connectivity index (χ1n) is 7.42. The molecule has 1 atom stereocenters. The van der Waals surface area contributed by atoms with E-state index in [0.29, 0.717) is 0 Å². The van der Waals surface area contributed by atoms with Crippen LogP contribution in [0.15, 0.2) is 22.7 Å². The zero-order chi connectivity index (χ0) is 15.2. The van der Waals surface area contributed by atoms with Gasteiger partial charge in [0, 0.05) is 11.0 Å². The molecule has 1 heterocycles. The average Bonchev–Trinajstić information content (AvgIpc) is 2.80. The van der Waals surface area contributed by atoms with Crippen molar-refractivity contribution in [2.24, 2.45) is 0 Å². The summed E-state index contributed by atoms with van der Waals surface area (Å²) in [6, 6.07) is 6.26. The lowest BCUT2D eigenvalue weighted by Crippen LogP contribution is -2.04. The van der Waals surface area contributed by atoms with Gasteiger partial charge in [-0.1, -0.05) is 28.8 Å². The van der Waals surface area contributed by atoms with Crippen LogP contribution >= 0.6 is 39.3 Å². The summed E-state index contributed by atoms with van der Waals surface area (Å²) in [5, 5.41) is -0.0623. The monoisotopic (exact) mass is 388 g/mol. The second kappa shape index (κ2) is 8.44. The molecule has 21 heavy (non-hydrogen) atoms. The number of imidazole rings is 1. The molecule has 116 valence electrons. The Kier molecular flexibility index (Phi) is 6.90. The minimum atomic E-state index is -0.0623. The summed E-state index contributed by atoms with van der Waals surface area (Å²) in [6.07, 6.45) is 7.26. The molecule has 2 nitrogen and oxygen atoms in total. The molecule has 5 heteroatoms. The maximum atomic E-state index is 6.30. The van der Waals surface area contributed by atoms with Gasteiger partial charge in [-0.2, -0.15) is 11.8 Å². The summed E-state index contributed by atoms with van der Waals surface area (Å²) in [6.45, 7) is 3.00. The van der Waals surface area contributed by atoms with Gasteiger partial charge in [-0.15, -0.1) is 11.6 Å². The van der Waals surface area contributed by atoms with Gasteiger partial charge in [-0.25, -0.2) is 4.98 Å². The quantitative estimate of drug-likeness (QED) is 0.405. The highest BCUT2D eigenvalue weighted by Gasteiger charge is 2.14. The Morgan fingerprint density at radius 2 is 2.05 bits per heavy atom. The number of nitrogens with zero attached hydrogens (tertiary/aromatic N) is 2. The van der Waals surface area contributed by atoms with Crippen LogP contribution in [-0.4, -0.2) is 21.6 Å². The van der Waals surface area contributed by atoms with Crippen LogP contribution in [0.5, 0.6) is 0 Å². The van der Waals surface area contributed by atoms with Crippen molar-refractivity contribution in [3.8, 4) is 0 Å². The minimum absolute atomic E-state index is 0.0623. The van der Waals surface area contributed by atoms with Crippen molar-refractivity contribution in [3.05, 3.63) is 28.5 Å². The van der Waals surface area contributed by atoms with Crippen LogP contribution < -0.4 is 0 Å². The van der Waals surface area contributed by atoms with Crippen LogP contribution in [0.2, 0.25) is 0 Å². The topological polar surface area (TPSA) is 17.8 Å². The Hall–Kier alpha value is -0.190. The van der Waals surface area contributed by atoms with Gasteiger partial charge in [0.05, 0.1) is 16.4 Å². The molecular weight excluding hydrogens is 368 g/mol. The predicted molar refractivity (Wildman–Crippen MR) is 98.6 cm³/mol. The molecule has 0 saturated carbocycles. The maximum absolute atomic E-state index is 6.30. The number of benzene rings is 1. The van der Waals surface area contributed by atoms with Crippen LogP contribution in [0.4, 0.5) is 0 Å². The van der Waals surface area contributed by atoms with Crippen LogP contribution in [-0.2, 0) is 6.54 Å². The van der Waals surface area contributed by atoms with Crippen molar-refractivity contribution in [1.29, 1.82) is 0 Å². The van der Waals surface area contributed by atoms with E-state index in [2.05, 4.69) is 45.0 Å². The number of fused-ring (bicyclic) bond motifs is 1. The molecule has 0 fully saturated rings. The SMILES string of the molecule is CSCCCCCCn1c(C(C)Cl)nc2cc(Br)ccc21. The third-order valence-corrected chi connectivity index (χ3v) is 4.96. The molecule has 0 aliphatic rings. The van der Waals surface area contributed by atoms with Gasteiger partial charge in [-0.05, 0) is 50.0 Å². The molecule has 2 aromatic rings. The first-order chi connectivity index (χ1) is 10.1. The predicted octanol–water partition coefficient (Wildman–Crippen LogP) is 6.02. The summed E-state index contributed by atoms with van der Waals surface area (Å²) in [4.78, 5) is 4.70. The Morgan fingerprint density at radius 1 is 1.29 bits per heavy atom. The fourth-order valence-corrected chi connectivity index (χ4v) is 3.54. The molecule has 0 aliphatic carbocycles. The zero-order valence-corrected chi connectivity index (χ0v) is 15.8. The highest BCUT2D eigenvalue weighted by molar-refractivity contribution is 9.10. The fourth-order valence-electron chi connectivity index (χ4n) is 2.53. The van der Waals surface area contributed by atoms with Gasteiger partial charge < -0.3 is 4.57 Å². The number of rotatable bonds is 8. The number of aryl methyl sites for hydroxylation is 1. The van der Waals surface area contributed by atoms with E-state index in [-0.39, 0.29) is 5.38 Å². The summed E-state index contributed by atoms with van der Waals surface area (Å²) in [5.74, 6) is 2.25. The van der Waals surface area contributed by atoms with Gasteiger partial charge in [0.15, 0.2) is 0 Å². The van der Waals surface area contributed by atoms with E-state index in [0.717, 1.165) is 22.4 Å². The van der Waals surface area contributed by atoms with Gasteiger partial charge >= 0.3 is 0 Å². The van der Waals surface area contributed by atoms with Crippen molar-refractivity contribution < 1.29 is 0 Å². The number of halogens is 2. The van der Waals surface area contributed by atoms with Crippen LogP contribution in [0.1, 0.15) is 43.8 Å². The number of thioether (sulfide) groups is 1. The second-order valence-corrected chi connectivity index (χ2v) is 7.83. The molecular formula is C16H22BrClN2S. The largest absolute Gasteiger partial charge is 0.327 e. The molecule has 1 unspecified atom stereocenters. The lowest BCUT2D eigenvalue weighted by atomic mass is 10.2. The molecule has 0 radical (unpaired) electrons. The third kappa shape index (κ3) is 4.64. The Labute approximate surface area is 144 Å². The normalized spacial score (nSPS) is 13.0. The molecule has 0 N–H and O–H groups in total. The Balaban J connectivity index is 2.08. The third-order valence-electron chi connectivity index (χ3n) is 3.58. The van der Waals surface area contributed by atoms with E-state index in [1.54, 1.807) is 0 Å². The van der Waals surface area contributed by atoms with Crippen molar-refractivity contribution >= 4 is 50.3 Å². The van der Waals surface area contributed by atoms with E-state index in [9.17, 15) is 0 Å². The van der Waals surface area contributed by atoms with E-state index in [1.807, 2.05) is 18.7 Å². The fraction of sp³-hybridized carbons (Fsp3) is 0.562. The molecule has 0 bridgehead atoms. The van der Waals surface area contributed by atoms with Crippen LogP contribution in [0.3, 0.4) is 0 Å². The van der Waals surface area contributed by atoms with E-state index >= 15 is 0 Å². The standard InChI is InChI=1S/C16H22BrClN2S/c1-12(18)16-19-14-11-13(17)7-8-15(14)20(16)9-5-3-4-6-10-21-2/h7-8,11-12H,3-6,9-10H2,1-2H3. The number of unbranched alkanes of at least 4 members (excludes halogenated alkanes) is 3. The first kappa shape index (κ1) is 17.2. The van der Waals surface area contributed by atoms with Crippen molar-refractivity contribution in [2.75, 3.05) is 12.0 Å².